The van der Waals surface area contributed by atoms with Gasteiger partial charge in [0.25, 0.3) is 0 Å². The van der Waals surface area contributed by atoms with Crippen LogP contribution in [0.15, 0.2) is 0 Å². The molecule has 0 bridgehead atoms. The van der Waals surface area contributed by atoms with Crippen LogP contribution in [0.3, 0.4) is 0 Å². The SMILES string of the molecule is CCCCC(CC)(CN)CCCS(C)(=O)=O. The van der Waals surface area contributed by atoms with Crippen molar-refractivity contribution >= 4 is 9.84 Å². The standard InChI is InChI=1S/C12H27NO2S/c1-4-6-8-12(5-2,11-13)9-7-10-16(3,14)15/h4-11,13H2,1-3H3. The normalized spacial score (nSPS) is 16.0. The molecule has 0 aromatic carbocycles. The highest BCUT2D eigenvalue weighted by Gasteiger charge is 2.25. The van der Waals surface area contributed by atoms with Crippen molar-refractivity contribution in [2.24, 2.45) is 11.1 Å². The lowest BCUT2D eigenvalue weighted by atomic mass is 9.76. The molecule has 0 aliphatic carbocycles. The molecule has 1 unspecified atom stereocenters. The molecule has 0 aliphatic heterocycles. The highest BCUT2D eigenvalue weighted by Crippen LogP contribution is 2.33. The minimum atomic E-state index is -2.82. The first-order chi connectivity index (χ1) is 7.39. The molecule has 16 heavy (non-hydrogen) atoms. The zero-order valence-corrected chi connectivity index (χ0v) is 11.8. The van der Waals surface area contributed by atoms with Gasteiger partial charge in [-0.05, 0) is 37.6 Å². The van der Waals surface area contributed by atoms with E-state index in [-0.39, 0.29) is 5.41 Å². The zero-order chi connectivity index (χ0) is 12.7. The van der Waals surface area contributed by atoms with Gasteiger partial charge in [0.05, 0.1) is 0 Å². The predicted molar refractivity (Wildman–Crippen MR) is 70.2 cm³/mol. The third kappa shape index (κ3) is 6.48. The quantitative estimate of drug-likeness (QED) is 0.682. The second-order valence-corrected chi connectivity index (χ2v) is 7.15. The van der Waals surface area contributed by atoms with Crippen LogP contribution in [0.4, 0.5) is 0 Å². The highest BCUT2D eigenvalue weighted by atomic mass is 32.2. The van der Waals surface area contributed by atoms with Crippen molar-refractivity contribution in [3.05, 3.63) is 0 Å². The van der Waals surface area contributed by atoms with Crippen molar-refractivity contribution in [3.63, 3.8) is 0 Å². The Balaban J connectivity index is 4.21. The monoisotopic (exact) mass is 249 g/mol. The lowest BCUT2D eigenvalue weighted by Gasteiger charge is -2.31. The first-order valence-electron chi connectivity index (χ1n) is 6.27. The maximum absolute atomic E-state index is 11.1. The van der Waals surface area contributed by atoms with Crippen LogP contribution in [-0.4, -0.2) is 27.0 Å². The summed E-state index contributed by atoms with van der Waals surface area (Å²) in [6, 6.07) is 0. The van der Waals surface area contributed by atoms with Gasteiger partial charge in [0.1, 0.15) is 9.84 Å². The molecule has 3 nitrogen and oxygen atoms in total. The van der Waals surface area contributed by atoms with Gasteiger partial charge in [-0.2, -0.15) is 0 Å². The summed E-state index contributed by atoms with van der Waals surface area (Å²) in [6.07, 6.45) is 7.51. The molecule has 4 heteroatoms. The van der Waals surface area contributed by atoms with Crippen LogP contribution in [0.5, 0.6) is 0 Å². The van der Waals surface area contributed by atoms with Crippen LogP contribution in [-0.2, 0) is 9.84 Å². The van der Waals surface area contributed by atoms with Crippen molar-refractivity contribution in [1.29, 1.82) is 0 Å². The Morgan fingerprint density at radius 3 is 2.06 bits per heavy atom. The maximum atomic E-state index is 11.1. The predicted octanol–water partition coefficient (Wildman–Crippen LogP) is 2.36. The summed E-state index contributed by atoms with van der Waals surface area (Å²) >= 11 is 0. The third-order valence-electron chi connectivity index (χ3n) is 3.47. The molecule has 1 atom stereocenters. The number of sulfone groups is 1. The van der Waals surface area contributed by atoms with Gasteiger partial charge in [-0.25, -0.2) is 8.42 Å². The van der Waals surface area contributed by atoms with Crippen molar-refractivity contribution < 1.29 is 8.42 Å². The van der Waals surface area contributed by atoms with Crippen LogP contribution >= 0.6 is 0 Å². The van der Waals surface area contributed by atoms with E-state index >= 15 is 0 Å². The van der Waals surface area contributed by atoms with Gasteiger partial charge in [-0.1, -0.05) is 26.7 Å². The molecule has 0 heterocycles. The van der Waals surface area contributed by atoms with E-state index in [0.29, 0.717) is 12.3 Å². The molecule has 0 amide bonds. The molecular weight excluding hydrogens is 222 g/mol. The molecule has 0 rings (SSSR count). The maximum Gasteiger partial charge on any atom is 0.147 e. The molecular formula is C12H27NO2S. The zero-order valence-electron chi connectivity index (χ0n) is 11.0. The van der Waals surface area contributed by atoms with Crippen molar-refractivity contribution in [1.82, 2.24) is 0 Å². The van der Waals surface area contributed by atoms with E-state index in [2.05, 4.69) is 13.8 Å². The van der Waals surface area contributed by atoms with E-state index in [0.717, 1.165) is 25.7 Å². The number of nitrogens with two attached hydrogens (primary N) is 1. The molecule has 0 aromatic rings. The molecule has 0 aliphatic rings. The van der Waals surface area contributed by atoms with E-state index in [1.54, 1.807) is 0 Å². The topological polar surface area (TPSA) is 60.2 Å². The smallest absolute Gasteiger partial charge is 0.147 e. The first-order valence-corrected chi connectivity index (χ1v) is 8.33. The average Bonchev–Trinajstić information content (AvgIpc) is 2.22. The molecule has 2 N–H and O–H groups in total. The van der Waals surface area contributed by atoms with Crippen LogP contribution in [0.2, 0.25) is 0 Å². The Bertz CT molecular complexity index is 269. The Morgan fingerprint density at radius 1 is 1.12 bits per heavy atom. The Hall–Kier alpha value is -0.0900. The first kappa shape index (κ1) is 15.9. The third-order valence-corrected chi connectivity index (χ3v) is 4.50. The van der Waals surface area contributed by atoms with Gasteiger partial charge in [-0.3, -0.25) is 0 Å². The largest absolute Gasteiger partial charge is 0.330 e. The van der Waals surface area contributed by atoms with Crippen molar-refractivity contribution in [3.8, 4) is 0 Å². The molecule has 0 radical (unpaired) electrons. The molecule has 0 aromatic heterocycles. The lowest BCUT2D eigenvalue weighted by Crippen LogP contribution is -2.30. The minimum absolute atomic E-state index is 0.167. The molecule has 0 spiro atoms. The summed E-state index contributed by atoms with van der Waals surface area (Å²) in [4.78, 5) is 0. The summed E-state index contributed by atoms with van der Waals surface area (Å²) < 4.78 is 22.2. The van der Waals surface area contributed by atoms with Gasteiger partial charge in [-0.15, -0.1) is 0 Å². The Morgan fingerprint density at radius 2 is 1.69 bits per heavy atom. The minimum Gasteiger partial charge on any atom is -0.330 e. The fourth-order valence-electron chi connectivity index (χ4n) is 2.09. The second-order valence-electron chi connectivity index (χ2n) is 4.89. The fraction of sp³-hybridized carbons (Fsp3) is 1.00. The van der Waals surface area contributed by atoms with Gasteiger partial charge in [0.15, 0.2) is 0 Å². The summed E-state index contributed by atoms with van der Waals surface area (Å²) in [6.45, 7) is 5.00. The van der Waals surface area contributed by atoms with Gasteiger partial charge < -0.3 is 5.73 Å². The molecule has 98 valence electrons. The number of hydrogen-bond acceptors (Lipinski definition) is 3. The highest BCUT2D eigenvalue weighted by molar-refractivity contribution is 7.90. The van der Waals surface area contributed by atoms with E-state index < -0.39 is 9.84 Å². The van der Waals surface area contributed by atoms with E-state index in [1.165, 1.54) is 19.1 Å². The number of hydrogen-bond donors (Lipinski definition) is 1. The van der Waals surface area contributed by atoms with Gasteiger partial charge >= 0.3 is 0 Å². The van der Waals surface area contributed by atoms with Gasteiger partial charge in [0.2, 0.25) is 0 Å². The molecule has 0 saturated carbocycles. The van der Waals surface area contributed by atoms with E-state index in [1.807, 2.05) is 0 Å². The Kier molecular flexibility index (Phi) is 7.24. The molecule has 0 fully saturated rings. The van der Waals surface area contributed by atoms with Crippen LogP contribution in [0.25, 0.3) is 0 Å². The fourth-order valence-corrected chi connectivity index (χ4v) is 2.76. The average molecular weight is 249 g/mol. The summed E-state index contributed by atoms with van der Waals surface area (Å²) in [5, 5.41) is 0. The lowest BCUT2D eigenvalue weighted by molar-refractivity contribution is 0.230. The van der Waals surface area contributed by atoms with Crippen LogP contribution < -0.4 is 5.73 Å². The van der Waals surface area contributed by atoms with Gasteiger partial charge in [0, 0.05) is 12.0 Å². The summed E-state index contributed by atoms with van der Waals surface area (Å²) in [5.74, 6) is 0.293. The Labute approximate surface area is 101 Å². The van der Waals surface area contributed by atoms with Crippen molar-refractivity contribution in [2.75, 3.05) is 18.6 Å². The summed E-state index contributed by atoms with van der Waals surface area (Å²) in [5.41, 5.74) is 6.03. The summed E-state index contributed by atoms with van der Waals surface area (Å²) in [7, 11) is -2.82. The second kappa shape index (κ2) is 7.28. The van der Waals surface area contributed by atoms with E-state index in [4.69, 9.17) is 5.73 Å². The molecule has 0 saturated heterocycles. The van der Waals surface area contributed by atoms with Crippen LogP contribution in [0.1, 0.15) is 52.4 Å². The number of rotatable bonds is 9. The van der Waals surface area contributed by atoms with E-state index in [9.17, 15) is 8.42 Å². The van der Waals surface area contributed by atoms with Crippen molar-refractivity contribution in [2.45, 2.75) is 52.4 Å². The number of unbranched alkanes of at least 4 members (excludes halogenated alkanes) is 1. The van der Waals surface area contributed by atoms with Crippen LogP contribution in [0, 0.1) is 5.41 Å².